The zero-order valence-corrected chi connectivity index (χ0v) is 13.4. The standard InChI is InChI=1S/C12H25N3O4S/c1-10(2)14-5-7-15(8-6-14)11(16)12(3,4)13-9-20(17,18)19/h10,13H,5-9H2,1-4H3,(H,17,18,19)/p-1. The van der Waals surface area contributed by atoms with Gasteiger partial charge < -0.3 is 9.45 Å². The van der Waals surface area contributed by atoms with Gasteiger partial charge in [0.25, 0.3) is 0 Å². The van der Waals surface area contributed by atoms with Gasteiger partial charge in [0, 0.05) is 32.2 Å². The molecule has 0 aliphatic carbocycles. The molecule has 0 saturated carbocycles. The molecule has 1 saturated heterocycles. The number of carbonyl (C=O) groups excluding carboxylic acids is 1. The third-order valence-corrected chi connectivity index (χ3v) is 4.06. The second-order valence-corrected chi connectivity index (χ2v) is 7.33. The molecule has 0 radical (unpaired) electrons. The lowest BCUT2D eigenvalue weighted by molar-refractivity contribution is -0.139. The topological polar surface area (TPSA) is 92.8 Å². The summed E-state index contributed by atoms with van der Waals surface area (Å²) in [5.74, 6) is -0.915. The second-order valence-electron chi connectivity index (χ2n) is 5.93. The van der Waals surface area contributed by atoms with Crippen molar-refractivity contribution in [3.05, 3.63) is 0 Å². The third-order valence-electron chi connectivity index (χ3n) is 3.56. The van der Waals surface area contributed by atoms with Gasteiger partial charge in [-0.2, -0.15) is 0 Å². The maximum atomic E-state index is 12.4. The van der Waals surface area contributed by atoms with Gasteiger partial charge in [0.1, 0.15) is 10.1 Å². The van der Waals surface area contributed by atoms with E-state index < -0.39 is 21.5 Å². The van der Waals surface area contributed by atoms with Crippen molar-refractivity contribution in [2.24, 2.45) is 0 Å². The summed E-state index contributed by atoms with van der Waals surface area (Å²) in [6.45, 7) is 10.3. The van der Waals surface area contributed by atoms with E-state index in [1.54, 1.807) is 18.7 Å². The summed E-state index contributed by atoms with van der Waals surface area (Å²) >= 11 is 0. The fraction of sp³-hybridized carbons (Fsp3) is 0.917. The minimum Gasteiger partial charge on any atom is -0.747 e. The van der Waals surface area contributed by atoms with Crippen LogP contribution in [0.2, 0.25) is 0 Å². The monoisotopic (exact) mass is 306 g/mol. The lowest BCUT2D eigenvalue weighted by Crippen LogP contribution is -2.59. The van der Waals surface area contributed by atoms with Crippen LogP contribution in [0.5, 0.6) is 0 Å². The molecule has 0 bridgehead atoms. The zero-order valence-electron chi connectivity index (χ0n) is 12.5. The smallest absolute Gasteiger partial charge is 0.242 e. The highest BCUT2D eigenvalue weighted by Crippen LogP contribution is 2.12. The molecule has 1 aliphatic heterocycles. The number of hydrogen-bond acceptors (Lipinski definition) is 6. The summed E-state index contributed by atoms with van der Waals surface area (Å²) < 4.78 is 31.9. The predicted molar refractivity (Wildman–Crippen MR) is 75.1 cm³/mol. The van der Waals surface area contributed by atoms with Crippen LogP contribution in [0.3, 0.4) is 0 Å². The molecule has 0 atom stereocenters. The second kappa shape index (κ2) is 6.38. The fourth-order valence-corrected chi connectivity index (χ4v) is 2.72. The van der Waals surface area contributed by atoms with E-state index in [0.717, 1.165) is 13.1 Å². The summed E-state index contributed by atoms with van der Waals surface area (Å²) in [5.41, 5.74) is -1.06. The molecule has 1 amide bonds. The highest BCUT2D eigenvalue weighted by molar-refractivity contribution is 7.85. The molecule has 0 unspecified atom stereocenters. The van der Waals surface area contributed by atoms with Gasteiger partial charge in [-0.3, -0.25) is 15.0 Å². The molecule has 1 aliphatic rings. The number of carbonyl (C=O) groups is 1. The summed E-state index contributed by atoms with van der Waals surface area (Å²) in [6, 6.07) is 0.448. The van der Waals surface area contributed by atoms with Gasteiger partial charge in [-0.15, -0.1) is 0 Å². The molecule has 1 rings (SSSR count). The number of nitrogens with zero attached hydrogens (tertiary/aromatic N) is 2. The minimum absolute atomic E-state index is 0.176. The van der Waals surface area contributed by atoms with Crippen LogP contribution in [0.25, 0.3) is 0 Å². The van der Waals surface area contributed by atoms with Gasteiger partial charge in [-0.1, -0.05) is 0 Å². The number of rotatable bonds is 5. The molecule has 1 heterocycles. The number of hydrogen-bond donors (Lipinski definition) is 1. The molecular formula is C12H24N3O4S-. The van der Waals surface area contributed by atoms with Crippen molar-refractivity contribution in [1.82, 2.24) is 15.1 Å². The quantitative estimate of drug-likeness (QED) is 0.683. The first-order chi connectivity index (χ1) is 9.03. The lowest BCUT2D eigenvalue weighted by Gasteiger charge is -2.40. The SMILES string of the molecule is CC(C)N1CCN(C(=O)C(C)(C)NCS(=O)(=O)[O-])CC1. The van der Waals surface area contributed by atoms with Crippen LogP contribution < -0.4 is 5.32 Å². The van der Waals surface area contributed by atoms with Gasteiger partial charge in [0.05, 0.1) is 11.4 Å². The summed E-state index contributed by atoms with van der Waals surface area (Å²) in [6.07, 6.45) is 0. The molecule has 0 spiro atoms. The number of nitrogens with one attached hydrogen (secondary N) is 1. The van der Waals surface area contributed by atoms with Gasteiger partial charge >= 0.3 is 0 Å². The fourth-order valence-electron chi connectivity index (χ4n) is 2.18. The van der Waals surface area contributed by atoms with Gasteiger partial charge in [0.15, 0.2) is 0 Å². The zero-order chi connectivity index (χ0) is 15.6. The van der Waals surface area contributed by atoms with E-state index in [2.05, 4.69) is 24.1 Å². The summed E-state index contributed by atoms with van der Waals surface area (Å²) in [5, 5.41) is 2.52. The van der Waals surface area contributed by atoms with E-state index >= 15 is 0 Å². The lowest BCUT2D eigenvalue weighted by atomic mass is 10.0. The van der Waals surface area contributed by atoms with E-state index in [4.69, 9.17) is 0 Å². The molecule has 0 aromatic heterocycles. The first kappa shape index (κ1) is 17.4. The van der Waals surface area contributed by atoms with Crippen LogP contribution in [-0.4, -0.2) is 72.3 Å². The Morgan fingerprint density at radius 1 is 1.25 bits per heavy atom. The Kier molecular flexibility index (Phi) is 5.54. The van der Waals surface area contributed by atoms with Crippen LogP contribution >= 0.6 is 0 Å². The van der Waals surface area contributed by atoms with Crippen LogP contribution in [0.1, 0.15) is 27.7 Å². The van der Waals surface area contributed by atoms with Gasteiger partial charge in [0.2, 0.25) is 5.91 Å². The van der Waals surface area contributed by atoms with Crippen molar-refractivity contribution in [3.8, 4) is 0 Å². The average molecular weight is 306 g/mol. The Morgan fingerprint density at radius 2 is 1.75 bits per heavy atom. The number of amides is 1. The van der Waals surface area contributed by atoms with E-state index in [0.29, 0.717) is 19.1 Å². The molecule has 1 N–H and O–H groups in total. The normalized spacial score (nSPS) is 18.6. The van der Waals surface area contributed by atoms with Crippen LogP contribution in [-0.2, 0) is 14.9 Å². The Labute approximate surface area is 121 Å². The van der Waals surface area contributed by atoms with E-state index in [9.17, 15) is 17.8 Å². The molecule has 118 valence electrons. The van der Waals surface area contributed by atoms with Crippen molar-refractivity contribution in [2.75, 3.05) is 32.1 Å². The van der Waals surface area contributed by atoms with Crippen molar-refractivity contribution >= 4 is 16.0 Å². The Balaban J connectivity index is 2.57. The largest absolute Gasteiger partial charge is 0.747 e. The first-order valence-corrected chi connectivity index (χ1v) is 8.33. The Bertz CT molecular complexity index is 440. The molecule has 0 aromatic rings. The maximum absolute atomic E-state index is 12.4. The average Bonchev–Trinajstić information content (AvgIpc) is 2.35. The molecular weight excluding hydrogens is 282 g/mol. The highest BCUT2D eigenvalue weighted by atomic mass is 32.2. The minimum atomic E-state index is -4.38. The molecule has 8 heteroatoms. The van der Waals surface area contributed by atoms with Crippen LogP contribution in [0.4, 0.5) is 0 Å². The van der Waals surface area contributed by atoms with Crippen molar-refractivity contribution in [3.63, 3.8) is 0 Å². The summed E-state index contributed by atoms with van der Waals surface area (Å²) in [4.78, 5) is 16.4. The third kappa shape index (κ3) is 5.01. The van der Waals surface area contributed by atoms with Crippen molar-refractivity contribution < 1.29 is 17.8 Å². The number of piperazine rings is 1. The Hall–Kier alpha value is -0.700. The summed E-state index contributed by atoms with van der Waals surface area (Å²) in [7, 11) is -4.38. The first-order valence-electron chi connectivity index (χ1n) is 6.75. The molecule has 7 nitrogen and oxygen atoms in total. The van der Waals surface area contributed by atoms with Crippen LogP contribution in [0, 0.1) is 0 Å². The molecule has 0 aromatic carbocycles. The highest BCUT2D eigenvalue weighted by Gasteiger charge is 2.33. The van der Waals surface area contributed by atoms with Crippen molar-refractivity contribution in [1.29, 1.82) is 0 Å². The Morgan fingerprint density at radius 3 is 2.15 bits per heavy atom. The predicted octanol–water partition coefficient (Wildman–Crippen LogP) is -0.590. The van der Waals surface area contributed by atoms with Gasteiger partial charge in [-0.25, -0.2) is 8.42 Å². The van der Waals surface area contributed by atoms with Gasteiger partial charge in [-0.05, 0) is 27.7 Å². The van der Waals surface area contributed by atoms with E-state index in [1.807, 2.05) is 0 Å². The van der Waals surface area contributed by atoms with Crippen molar-refractivity contribution in [2.45, 2.75) is 39.3 Å². The van der Waals surface area contributed by atoms with Crippen LogP contribution in [0.15, 0.2) is 0 Å². The van der Waals surface area contributed by atoms with E-state index in [1.165, 1.54) is 0 Å². The van der Waals surface area contributed by atoms with E-state index in [-0.39, 0.29) is 5.91 Å². The maximum Gasteiger partial charge on any atom is 0.242 e. The molecule has 20 heavy (non-hydrogen) atoms. The molecule has 1 fully saturated rings.